The minimum absolute atomic E-state index is 0.115. The molecule has 0 radical (unpaired) electrons. The molecule has 0 saturated heterocycles. The molecule has 0 bridgehead atoms. The molecule has 9 heteroatoms. The number of hydrogen-bond acceptors (Lipinski definition) is 8. The molecule has 132 valence electrons. The van der Waals surface area contributed by atoms with Crippen molar-refractivity contribution in [3.8, 4) is 6.07 Å². The zero-order valence-corrected chi connectivity index (χ0v) is 16.1. The zero-order chi connectivity index (χ0) is 17.5. The molecule has 3 rings (SSSR count). The molecular weight excluding hydrogens is 374 g/mol. The van der Waals surface area contributed by atoms with Crippen molar-refractivity contribution in [2.24, 2.45) is 0 Å². The number of nitrogens with one attached hydrogen (secondary N) is 2. The van der Waals surface area contributed by atoms with E-state index in [1.165, 1.54) is 28.0 Å². The quantitative estimate of drug-likeness (QED) is 0.669. The number of amides is 1. The fraction of sp³-hybridized carbons (Fsp3) is 0.500. The van der Waals surface area contributed by atoms with Gasteiger partial charge in [0, 0.05) is 11.4 Å². The number of nitrogens with zero attached hydrogens (tertiary/aromatic N) is 3. The summed E-state index contributed by atoms with van der Waals surface area (Å²) in [6.45, 7) is 0.811. The van der Waals surface area contributed by atoms with Crippen molar-refractivity contribution in [3.05, 3.63) is 22.4 Å². The molecule has 0 aromatic carbocycles. The number of hydrogen-bond donors (Lipinski definition) is 2. The third-order valence-corrected chi connectivity index (χ3v) is 6.96. The average molecular weight is 394 g/mol. The number of nitriles is 1. The van der Waals surface area contributed by atoms with Gasteiger partial charge in [-0.2, -0.15) is 5.26 Å². The molecule has 0 spiro atoms. The molecule has 2 heterocycles. The molecule has 1 saturated carbocycles. The topological polar surface area (TPSA) is 90.7 Å². The summed E-state index contributed by atoms with van der Waals surface area (Å²) in [5.41, 5.74) is -0.659. The highest BCUT2D eigenvalue weighted by Crippen LogP contribution is 2.30. The summed E-state index contributed by atoms with van der Waals surface area (Å²) >= 11 is 4.55. The van der Waals surface area contributed by atoms with Crippen molar-refractivity contribution in [1.82, 2.24) is 15.5 Å². The standard InChI is InChI=1S/C16H19N5OS3/c17-11-16(6-1-2-7-16)19-13(22)10-24-15-21-20-14(25-15)18-8-5-12-4-3-9-23-12/h3-4,9H,1-2,5-8,10H2,(H,18,20)(H,19,22). The molecule has 0 atom stereocenters. The Balaban J connectivity index is 1.40. The molecule has 0 unspecified atom stereocenters. The zero-order valence-electron chi connectivity index (χ0n) is 13.7. The molecule has 2 aromatic heterocycles. The Bertz CT molecular complexity index is 731. The van der Waals surface area contributed by atoms with E-state index in [9.17, 15) is 10.1 Å². The second kappa shape index (κ2) is 8.65. The maximum Gasteiger partial charge on any atom is 0.231 e. The highest BCUT2D eigenvalue weighted by Gasteiger charge is 2.35. The number of carbonyl (C=O) groups is 1. The van der Waals surface area contributed by atoms with Crippen LogP contribution in [0.15, 0.2) is 21.9 Å². The van der Waals surface area contributed by atoms with Crippen molar-refractivity contribution in [3.63, 3.8) is 0 Å². The van der Waals surface area contributed by atoms with Crippen LogP contribution in [0.1, 0.15) is 30.6 Å². The lowest BCUT2D eigenvalue weighted by Gasteiger charge is -2.21. The molecule has 1 fully saturated rings. The van der Waals surface area contributed by atoms with Crippen LogP contribution < -0.4 is 10.6 Å². The van der Waals surface area contributed by atoms with Crippen LogP contribution >= 0.6 is 34.4 Å². The monoisotopic (exact) mass is 393 g/mol. The highest BCUT2D eigenvalue weighted by atomic mass is 32.2. The Kier molecular flexibility index (Phi) is 6.29. The molecule has 1 aliphatic rings. The second-order valence-corrected chi connectivity index (χ2v) is 9.10. The number of anilines is 1. The first-order valence-corrected chi connectivity index (χ1v) is 10.8. The largest absolute Gasteiger partial charge is 0.360 e. The van der Waals surface area contributed by atoms with Gasteiger partial charge in [0.2, 0.25) is 11.0 Å². The van der Waals surface area contributed by atoms with Gasteiger partial charge in [0.1, 0.15) is 5.54 Å². The van der Waals surface area contributed by atoms with Gasteiger partial charge < -0.3 is 10.6 Å². The summed E-state index contributed by atoms with van der Waals surface area (Å²) in [5, 5.41) is 26.5. The molecule has 25 heavy (non-hydrogen) atoms. The second-order valence-electron chi connectivity index (χ2n) is 5.87. The van der Waals surface area contributed by atoms with E-state index in [0.717, 1.165) is 48.1 Å². The summed E-state index contributed by atoms with van der Waals surface area (Å²) in [6.07, 6.45) is 4.45. The predicted octanol–water partition coefficient (Wildman–Crippen LogP) is 3.30. The molecule has 2 aromatic rings. The van der Waals surface area contributed by atoms with Gasteiger partial charge in [0.15, 0.2) is 4.34 Å². The minimum Gasteiger partial charge on any atom is -0.360 e. The summed E-state index contributed by atoms with van der Waals surface area (Å²) in [5.74, 6) is 0.142. The molecule has 0 aliphatic heterocycles. The van der Waals surface area contributed by atoms with Gasteiger partial charge in [0.25, 0.3) is 0 Å². The number of thioether (sulfide) groups is 1. The van der Waals surface area contributed by atoms with E-state index >= 15 is 0 Å². The predicted molar refractivity (Wildman–Crippen MR) is 102 cm³/mol. The van der Waals surface area contributed by atoms with Crippen LogP contribution in [0.25, 0.3) is 0 Å². The van der Waals surface area contributed by atoms with Crippen molar-refractivity contribution in [2.75, 3.05) is 17.6 Å². The van der Waals surface area contributed by atoms with Gasteiger partial charge in [0.05, 0.1) is 11.8 Å². The smallest absolute Gasteiger partial charge is 0.231 e. The number of rotatable bonds is 8. The number of thiophene rings is 1. The SMILES string of the molecule is N#CC1(NC(=O)CSc2nnc(NCCc3cccs3)s2)CCCC1. The van der Waals surface area contributed by atoms with Crippen molar-refractivity contribution < 1.29 is 4.79 Å². The lowest BCUT2D eigenvalue weighted by atomic mass is 10.0. The first-order valence-electron chi connectivity index (χ1n) is 8.14. The normalized spacial score (nSPS) is 15.6. The lowest BCUT2D eigenvalue weighted by molar-refractivity contribution is -0.119. The van der Waals surface area contributed by atoms with Gasteiger partial charge >= 0.3 is 0 Å². The van der Waals surface area contributed by atoms with Gasteiger partial charge in [-0.3, -0.25) is 4.79 Å². The van der Waals surface area contributed by atoms with Gasteiger partial charge in [-0.25, -0.2) is 0 Å². The fourth-order valence-corrected chi connectivity index (χ4v) is 5.05. The Morgan fingerprint density at radius 3 is 2.96 bits per heavy atom. The molecular formula is C16H19N5OS3. The van der Waals surface area contributed by atoms with E-state index in [4.69, 9.17) is 0 Å². The van der Waals surface area contributed by atoms with Crippen LogP contribution in [0.4, 0.5) is 5.13 Å². The maximum absolute atomic E-state index is 12.1. The van der Waals surface area contributed by atoms with E-state index in [2.05, 4.69) is 38.3 Å². The maximum atomic E-state index is 12.1. The molecule has 1 aliphatic carbocycles. The van der Waals surface area contributed by atoms with Crippen LogP contribution in [0, 0.1) is 11.3 Å². The summed E-state index contributed by atoms with van der Waals surface area (Å²) in [6, 6.07) is 6.43. The molecule has 2 N–H and O–H groups in total. The van der Waals surface area contributed by atoms with Crippen LogP contribution in [0.2, 0.25) is 0 Å². The van der Waals surface area contributed by atoms with E-state index < -0.39 is 5.54 Å². The Morgan fingerprint density at radius 2 is 2.24 bits per heavy atom. The summed E-state index contributed by atoms with van der Waals surface area (Å²) in [4.78, 5) is 13.4. The number of aromatic nitrogens is 2. The van der Waals surface area contributed by atoms with E-state index in [0.29, 0.717) is 0 Å². The van der Waals surface area contributed by atoms with Crippen molar-refractivity contribution >= 4 is 45.5 Å². The third-order valence-electron chi connectivity index (χ3n) is 4.01. The first kappa shape index (κ1) is 18.2. The van der Waals surface area contributed by atoms with Gasteiger partial charge in [-0.05, 0) is 43.6 Å². The van der Waals surface area contributed by atoms with Crippen molar-refractivity contribution in [1.29, 1.82) is 5.26 Å². The lowest BCUT2D eigenvalue weighted by Crippen LogP contribution is -2.45. The van der Waals surface area contributed by atoms with E-state index in [1.54, 1.807) is 11.3 Å². The fourth-order valence-electron chi connectivity index (χ4n) is 2.76. The third kappa shape index (κ3) is 5.17. The summed E-state index contributed by atoms with van der Waals surface area (Å²) in [7, 11) is 0. The molecule has 6 nitrogen and oxygen atoms in total. The van der Waals surface area contributed by atoms with E-state index in [-0.39, 0.29) is 11.7 Å². The van der Waals surface area contributed by atoms with E-state index in [1.807, 2.05) is 6.07 Å². The Labute approximate surface area is 159 Å². The van der Waals surface area contributed by atoms with Crippen LogP contribution in [-0.4, -0.2) is 33.9 Å². The van der Waals surface area contributed by atoms with Crippen LogP contribution in [0.3, 0.4) is 0 Å². The highest BCUT2D eigenvalue weighted by molar-refractivity contribution is 8.01. The Morgan fingerprint density at radius 1 is 1.40 bits per heavy atom. The average Bonchev–Trinajstić information content (AvgIpc) is 3.36. The minimum atomic E-state index is -0.659. The molecule has 1 amide bonds. The van der Waals surface area contributed by atoms with Gasteiger partial charge in [-0.1, -0.05) is 29.2 Å². The van der Waals surface area contributed by atoms with Crippen molar-refractivity contribution in [2.45, 2.75) is 42.0 Å². The first-order chi connectivity index (χ1) is 12.2. The Hall–Kier alpha value is -1.63. The summed E-state index contributed by atoms with van der Waals surface area (Å²) < 4.78 is 0.756. The number of carbonyl (C=O) groups excluding carboxylic acids is 1. The van der Waals surface area contributed by atoms with Crippen LogP contribution in [-0.2, 0) is 11.2 Å². The van der Waals surface area contributed by atoms with Crippen LogP contribution in [0.5, 0.6) is 0 Å². The van der Waals surface area contributed by atoms with Gasteiger partial charge in [-0.15, -0.1) is 21.5 Å².